The Morgan fingerprint density at radius 1 is 1.11 bits per heavy atom. The summed E-state index contributed by atoms with van der Waals surface area (Å²) < 4.78 is 14.1. The number of anilines is 1. The summed E-state index contributed by atoms with van der Waals surface area (Å²) in [7, 11) is 0. The van der Waals surface area contributed by atoms with Gasteiger partial charge in [0.2, 0.25) is 0 Å². The van der Waals surface area contributed by atoms with Crippen LogP contribution in [0.5, 0.6) is 0 Å². The van der Waals surface area contributed by atoms with Gasteiger partial charge in [0.25, 0.3) is 0 Å². The third-order valence-corrected chi connectivity index (χ3v) is 3.88. The molecule has 1 N–H and O–H groups in total. The first-order valence-corrected chi connectivity index (χ1v) is 6.97. The van der Waals surface area contributed by atoms with Crippen molar-refractivity contribution in [2.75, 3.05) is 11.9 Å². The second kappa shape index (κ2) is 5.36. The standard InChI is InChI=1S/C15H13FN2S/c16-12-6-7-14-13(10-12)18-15(19-14)17-9-8-11-4-2-1-3-5-11/h1-7,10H,8-9H2,(H,17,18). The van der Waals surface area contributed by atoms with Crippen molar-refractivity contribution in [2.45, 2.75) is 6.42 Å². The number of aromatic nitrogens is 1. The molecule has 0 spiro atoms. The van der Waals surface area contributed by atoms with Crippen LogP contribution in [0.1, 0.15) is 5.56 Å². The van der Waals surface area contributed by atoms with Crippen LogP contribution in [-0.4, -0.2) is 11.5 Å². The van der Waals surface area contributed by atoms with Gasteiger partial charge < -0.3 is 5.32 Å². The van der Waals surface area contributed by atoms with Crippen LogP contribution in [-0.2, 0) is 6.42 Å². The summed E-state index contributed by atoms with van der Waals surface area (Å²) in [6, 6.07) is 15.0. The van der Waals surface area contributed by atoms with Crippen LogP contribution in [0.2, 0.25) is 0 Å². The summed E-state index contributed by atoms with van der Waals surface area (Å²) in [6.07, 6.45) is 0.950. The van der Waals surface area contributed by atoms with E-state index < -0.39 is 0 Å². The van der Waals surface area contributed by atoms with Gasteiger partial charge in [0.05, 0.1) is 10.2 Å². The maximum atomic E-state index is 13.1. The van der Waals surface area contributed by atoms with E-state index in [1.165, 1.54) is 17.7 Å². The molecule has 2 aromatic carbocycles. The minimum absolute atomic E-state index is 0.242. The highest BCUT2D eigenvalue weighted by Crippen LogP contribution is 2.26. The molecule has 0 saturated heterocycles. The van der Waals surface area contributed by atoms with Gasteiger partial charge in [0.15, 0.2) is 5.13 Å². The predicted octanol–water partition coefficient (Wildman–Crippen LogP) is 4.09. The van der Waals surface area contributed by atoms with E-state index in [-0.39, 0.29) is 5.82 Å². The summed E-state index contributed by atoms with van der Waals surface area (Å²) in [6.45, 7) is 0.826. The number of hydrogen-bond acceptors (Lipinski definition) is 3. The topological polar surface area (TPSA) is 24.9 Å². The molecule has 1 aromatic heterocycles. The Morgan fingerprint density at radius 3 is 2.79 bits per heavy atom. The average molecular weight is 272 g/mol. The lowest BCUT2D eigenvalue weighted by Crippen LogP contribution is -2.04. The second-order valence-corrected chi connectivity index (χ2v) is 5.32. The summed E-state index contributed by atoms with van der Waals surface area (Å²) >= 11 is 1.55. The Balaban J connectivity index is 1.65. The Hall–Kier alpha value is -1.94. The van der Waals surface area contributed by atoms with E-state index in [1.54, 1.807) is 17.4 Å². The first kappa shape index (κ1) is 12.1. The monoisotopic (exact) mass is 272 g/mol. The highest BCUT2D eigenvalue weighted by molar-refractivity contribution is 7.22. The van der Waals surface area contributed by atoms with Crippen molar-refractivity contribution in [3.8, 4) is 0 Å². The zero-order valence-corrected chi connectivity index (χ0v) is 11.1. The number of benzene rings is 2. The van der Waals surface area contributed by atoms with Crippen LogP contribution in [0.3, 0.4) is 0 Å². The van der Waals surface area contributed by atoms with Crippen molar-refractivity contribution in [1.82, 2.24) is 4.98 Å². The summed E-state index contributed by atoms with van der Waals surface area (Å²) in [4.78, 5) is 4.37. The van der Waals surface area contributed by atoms with Gasteiger partial charge in [0.1, 0.15) is 5.82 Å². The molecule has 0 aliphatic rings. The molecule has 0 fully saturated rings. The van der Waals surface area contributed by atoms with Crippen LogP contribution >= 0.6 is 11.3 Å². The van der Waals surface area contributed by atoms with E-state index in [1.807, 2.05) is 18.2 Å². The molecule has 3 aromatic rings. The third kappa shape index (κ3) is 2.90. The van der Waals surface area contributed by atoms with E-state index in [4.69, 9.17) is 0 Å². The van der Waals surface area contributed by atoms with Gasteiger partial charge in [-0.15, -0.1) is 0 Å². The molecule has 0 aliphatic heterocycles. The maximum absolute atomic E-state index is 13.1. The van der Waals surface area contributed by atoms with Gasteiger partial charge in [-0.3, -0.25) is 0 Å². The van der Waals surface area contributed by atoms with Crippen molar-refractivity contribution in [2.24, 2.45) is 0 Å². The van der Waals surface area contributed by atoms with Crippen LogP contribution < -0.4 is 5.32 Å². The highest BCUT2D eigenvalue weighted by Gasteiger charge is 2.04. The Kier molecular flexibility index (Phi) is 3.42. The Labute approximate surface area is 114 Å². The van der Waals surface area contributed by atoms with Gasteiger partial charge in [0, 0.05) is 12.6 Å². The Morgan fingerprint density at radius 2 is 1.95 bits per heavy atom. The van der Waals surface area contributed by atoms with Crippen molar-refractivity contribution < 1.29 is 4.39 Å². The molecular formula is C15H13FN2S. The molecule has 0 unspecified atom stereocenters. The minimum Gasteiger partial charge on any atom is -0.361 e. The Bertz CT molecular complexity index is 679. The quantitative estimate of drug-likeness (QED) is 0.773. The van der Waals surface area contributed by atoms with Crippen molar-refractivity contribution in [3.05, 3.63) is 59.9 Å². The van der Waals surface area contributed by atoms with Crippen LogP contribution in [0.15, 0.2) is 48.5 Å². The molecule has 0 amide bonds. The molecule has 1 heterocycles. The molecule has 0 aliphatic carbocycles. The molecule has 0 bridgehead atoms. The van der Waals surface area contributed by atoms with Crippen molar-refractivity contribution in [3.63, 3.8) is 0 Å². The van der Waals surface area contributed by atoms with E-state index in [0.29, 0.717) is 5.52 Å². The fraction of sp³-hybridized carbons (Fsp3) is 0.133. The lowest BCUT2D eigenvalue weighted by molar-refractivity contribution is 0.629. The molecule has 96 valence electrons. The molecule has 4 heteroatoms. The van der Waals surface area contributed by atoms with Gasteiger partial charge in [-0.1, -0.05) is 41.7 Å². The van der Waals surface area contributed by atoms with Gasteiger partial charge in [-0.2, -0.15) is 0 Å². The molecule has 2 nitrogen and oxygen atoms in total. The fourth-order valence-corrected chi connectivity index (χ4v) is 2.81. The summed E-state index contributed by atoms with van der Waals surface area (Å²) in [5.74, 6) is -0.242. The van der Waals surface area contributed by atoms with Gasteiger partial charge in [-0.25, -0.2) is 9.37 Å². The first-order chi connectivity index (χ1) is 9.31. The number of nitrogens with one attached hydrogen (secondary N) is 1. The smallest absolute Gasteiger partial charge is 0.183 e. The number of nitrogens with zero attached hydrogens (tertiary/aromatic N) is 1. The van der Waals surface area contributed by atoms with E-state index in [2.05, 4.69) is 22.4 Å². The predicted molar refractivity (Wildman–Crippen MR) is 78.2 cm³/mol. The van der Waals surface area contributed by atoms with E-state index >= 15 is 0 Å². The second-order valence-electron chi connectivity index (χ2n) is 4.29. The molecule has 0 atom stereocenters. The van der Waals surface area contributed by atoms with Crippen LogP contribution in [0.4, 0.5) is 9.52 Å². The first-order valence-electron chi connectivity index (χ1n) is 6.15. The largest absolute Gasteiger partial charge is 0.361 e. The molecule has 19 heavy (non-hydrogen) atoms. The molecule has 0 radical (unpaired) electrons. The minimum atomic E-state index is -0.242. The fourth-order valence-electron chi connectivity index (χ4n) is 1.93. The molecule has 0 saturated carbocycles. The lowest BCUT2D eigenvalue weighted by atomic mass is 10.2. The number of fused-ring (bicyclic) bond motifs is 1. The number of halogens is 1. The SMILES string of the molecule is Fc1ccc2sc(NCCc3ccccc3)nc2c1. The number of thiazole rings is 1. The highest BCUT2D eigenvalue weighted by atomic mass is 32.1. The normalized spacial score (nSPS) is 10.8. The maximum Gasteiger partial charge on any atom is 0.183 e. The van der Waals surface area contributed by atoms with Crippen LogP contribution in [0.25, 0.3) is 10.2 Å². The summed E-state index contributed by atoms with van der Waals surface area (Å²) in [5.41, 5.74) is 2.01. The van der Waals surface area contributed by atoms with Crippen molar-refractivity contribution >= 4 is 26.7 Å². The van der Waals surface area contributed by atoms with E-state index in [9.17, 15) is 4.39 Å². The van der Waals surface area contributed by atoms with E-state index in [0.717, 1.165) is 22.8 Å². The van der Waals surface area contributed by atoms with Gasteiger partial charge >= 0.3 is 0 Å². The molecular weight excluding hydrogens is 259 g/mol. The third-order valence-electron chi connectivity index (χ3n) is 2.88. The zero-order chi connectivity index (χ0) is 13.1. The zero-order valence-electron chi connectivity index (χ0n) is 10.3. The lowest BCUT2D eigenvalue weighted by Gasteiger charge is -2.02. The number of hydrogen-bond donors (Lipinski definition) is 1. The summed E-state index contributed by atoms with van der Waals surface area (Å²) in [5, 5.41) is 4.13. The van der Waals surface area contributed by atoms with Gasteiger partial charge in [-0.05, 0) is 24.1 Å². The average Bonchev–Trinajstić information content (AvgIpc) is 2.82. The molecule has 3 rings (SSSR count). The van der Waals surface area contributed by atoms with Crippen molar-refractivity contribution in [1.29, 1.82) is 0 Å². The number of rotatable bonds is 4. The van der Waals surface area contributed by atoms with Crippen LogP contribution in [0, 0.1) is 5.82 Å².